The minimum absolute atomic E-state index is 0.103. The molecule has 0 radical (unpaired) electrons. The number of rotatable bonds is 5. The maximum absolute atomic E-state index is 14.6. The molecule has 4 heterocycles. The van der Waals surface area contributed by atoms with Crippen LogP contribution >= 0.6 is 11.3 Å². The van der Waals surface area contributed by atoms with Gasteiger partial charge in [0.15, 0.2) is 0 Å². The molecule has 11 heteroatoms. The number of aromatic amines is 1. The van der Waals surface area contributed by atoms with E-state index in [1.54, 1.807) is 12.1 Å². The highest BCUT2D eigenvalue weighted by Crippen LogP contribution is 2.24. The van der Waals surface area contributed by atoms with Gasteiger partial charge in [-0.3, -0.25) is 19.1 Å². The van der Waals surface area contributed by atoms with Crippen LogP contribution < -0.4 is 21.5 Å². The Morgan fingerprint density at radius 2 is 2.00 bits per heavy atom. The van der Waals surface area contributed by atoms with E-state index >= 15 is 0 Å². The Balaban J connectivity index is 1.23. The third kappa shape index (κ3) is 4.05. The van der Waals surface area contributed by atoms with Gasteiger partial charge in [0.1, 0.15) is 10.4 Å². The Labute approximate surface area is 186 Å². The SMILES string of the molecule is Cn1c(=O)[nH]c2cc(CN3CCN(c4ccc(C(=O)NC5CC5)nc4F)CC3)sc2c1=O. The molecule has 0 unspecified atom stereocenters. The summed E-state index contributed by atoms with van der Waals surface area (Å²) in [4.78, 5) is 47.9. The van der Waals surface area contributed by atoms with Gasteiger partial charge < -0.3 is 15.2 Å². The van der Waals surface area contributed by atoms with Crippen molar-refractivity contribution in [3.05, 3.63) is 55.6 Å². The number of anilines is 1. The normalized spacial score (nSPS) is 17.1. The fourth-order valence-electron chi connectivity index (χ4n) is 3.86. The van der Waals surface area contributed by atoms with Crippen LogP contribution in [0.4, 0.5) is 10.1 Å². The zero-order valence-corrected chi connectivity index (χ0v) is 18.4. The van der Waals surface area contributed by atoms with Crippen LogP contribution in [0.25, 0.3) is 10.2 Å². The summed E-state index contributed by atoms with van der Waals surface area (Å²) in [6, 6.07) is 5.24. The Morgan fingerprint density at radius 3 is 2.69 bits per heavy atom. The zero-order chi connectivity index (χ0) is 22.4. The van der Waals surface area contributed by atoms with E-state index in [0.29, 0.717) is 48.6 Å². The van der Waals surface area contributed by atoms with Crippen LogP contribution in [0.3, 0.4) is 0 Å². The van der Waals surface area contributed by atoms with Crippen LogP contribution in [0.2, 0.25) is 0 Å². The molecule has 1 aliphatic heterocycles. The number of amides is 1. The van der Waals surface area contributed by atoms with Crippen molar-refractivity contribution < 1.29 is 9.18 Å². The fourth-order valence-corrected chi connectivity index (χ4v) is 4.99. The van der Waals surface area contributed by atoms with E-state index in [0.717, 1.165) is 22.3 Å². The number of nitrogens with one attached hydrogen (secondary N) is 2. The van der Waals surface area contributed by atoms with Gasteiger partial charge in [0, 0.05) is 50.7 Å². The highest BCUT2D eigenvalue weighted by molar-refractivity contribution is 7.18. The summed E-state index contributed by atoms with van der Waals surface area (Å²) in [5, 5.41) is 2.82. The molecule has 2 aliphatic rings. The molecule has 0 spiro atoms. The summed E-state index contributed by atoms with van der Waals surface area (Å²) in [7, 11) is 1.46. The molecule has 1 aliphatic carbocycles. The largest absolute Gasteiger partial charge is 0.365 e. The van der Waals surface area contributed by atoms with Crippen LogP contribution in [0.5, 0.6) is 0 Å². The first-order valence-electron chi connectivity index (χ1n) is 10.6. The summed E-state index contributed by atoms with van der Waals surface area (Å²) in [6.45, 7) is 3.32. The Morgan fingerprint density at radius 1 is 1.25 bits per heavy atom. The van der Waals surface area contributed by atoms with Crippen molar-refractivity contribution in [1.29, 1.82) is 0 Å². The van der Waals surface area contributed by atoms with Crippen molar-refractivity contribution in [3.63, 3.8) is 0 Å². The number of H-pyrrole nitrogens is 1. The number of hydrogen-bond donors (Lipinski definition) is 2. The van der Waals surface area contributed by atoms with Crippen molar-refractivity contribution in [1.82, 2.24) is 24.8 Å². The molecule has 168 valence electrons. The van der Waals surface area contributed by atoms with E-state index in [2.05, 4.69) is 20.2 Å². The van der Waals surface area contributed by atoms with Crippen LogP contribution in [0.15, 0.2) is 27.8 Å². The standard InChI is InChI=1S/C21H23FN6O3S/c1-26-20(30)17-15(25-21(26)31)10-13(32-17)11-27-6-8-28(9-7-27)16-5-4-14(24-18(16)22)19(29)23-12-2-3-12/h4-5,10,12H,2-3,6-9,11H2,1H3,(H,23,29)(H,25,31). The van der Waals surface area contributed by atoms with Gasteiger partial charge >= 0.3 is 5.69 Å². The molecule has 9 nitrogen and oxygen atoms in total. The maximum atomic E-state index is 14.6. The molecule has 2 fully saturated rings. The second kappa shape index (κ2) is 8.14. The number of pyridine rings is 1. The molecule has 0 atom stereocenters. The summed E-state index contributed by atoms with van der Waals surface area (Å²) in [5.41, 5.74) is 0.353. The average Bonchev–Trinajstić information content (AvgIpc) is 3.50. The quantitative estimate of drug-likeness (QED) is 0.554. The van der Waals surface area contributed by atoms with E-state index in [1.807, 2.05) is 11.0 Å². The molecular formula is C21H23FN6O3S. The van der Waals surface area contributed by atoms with Crippen LogP contribution in [-0.4, -0.2) is 57.6 Å². The summed E-state index contributed by atoms with van der Waals surface area (Å²) in [5.74, 6) is -0.964. The second-order valence-electron chi connectivity index (χ2n) is 8.27. The number of carbonyl (C=O) groups excluding carboxylic acids is 1. The first-order chi connectivity index (χ1) is 15.4. The van der Waals surface area contributed by atoms with Gasteiger partial charge in [-0.2, -0.15) is 4.39 Å². The van der Waals surface area contributed by atoms with E-state index in [4.69, 9.17) is 0 Å². The maximum Gasteiger partial charge on any atom is 0.328 e. The highest BCUT2D eigenvalue weighted by Gasteiger charge is 2.26. The molecule has 3 aromatic rings. The number of hydrogen-bond acceptors (Lipinski definition) is 7. The zero-order valence-electron chi connectivity index (χ0n) is 17.6. The molecule has 1 saturated carbocycles. The van der Waals surface area contributed by atoms with Gasteiger partial charge in [-0.25, -0.2) is 9.78 Å². The monoisotopic (exact) mass is 458 g/mol. The van der Waals surface area contributed by atoms with E-state index in [-0.39, 0.29) is 23.2 Å². The van der Waals surface area contributed by atoms with Crippen LogP contribution in [0.1, 0.15) is 28.2 Å². The Kier molecular flexibility index (Phi) is 5.30. The Hall–Kier alpha value is -3.05. The van der Waals surface area contributed by atoms with Gasteiger partial charge in [-0.15, -0.1) is 11.3 Å². The van der Waals surface area contributed by atoms with Crippen molar-refractivity contribution in [2.75, 3.05) is 31.1 Å². The van der Waals surface area contributed by atoms with Gasteiger partial charge in [0.2, 0.25) is 5.95 Å². The van der Waals surface area contributed by atoms with Crippen LogP contribution in [-0.2, 0) is 13.6 Å². The predicted molar refractivity (Wildman–Crippen MR) is 120 cm³/mol. The average molecular weight is 459 g/mol. The number of thiophene rings is 1. The van der Waals surface area contributed by atoms with Crippen molar-refractivity contribution in [3.8, 4) is 0 Å². The lowest BCUT2D eigenvalue weighted by atomic mass is 10.2. The lowest BCUT2D eigenvalue weighted by molar-refractivity contribution is 0.0945. The fraction of sp³-hybridized carbons (Fsp3) is 0.429. The number of aromatic nitrogens is 3. The number of nitrogens with zero attached hydrogens (tertiary/aromatic N) is 4. The first kappa shape index (κ1) is 20.8. The third-order valence-electron chi connectivity index (χ3n) is 5.89. The molecule has 1 saturated heterocycles. The molecule has 0 aromatic carbocycles. The molecule has 1 amide bonds. The highest BCUT2D eigenvalue weighted by atomic mass is 32.1. The van der Waals surface area contributed by atoms with Gasteiger partial charge in [0.25, 0.3) is 11.5 Å². The van der Waals surface area contributed by atoms with E-state index in [9.17, 15) is 18.8 Å². The van der Waals surface area contributed by atoms with Gasteiger partial charge in [0.05, 0.1) is 11.2 Å². The topological polar surface area (TPSA) is 103 Å². The first-order valence-corrected chi connectivity index (χ1v) is 11.4. The third-order valence-corrected chi connectivity index (χ3v) is 7.00. The van der Waals surface area contributed by atoms with Crippen molar-refractivity contribution >= 4 is 33.1 Å². The lowest BCUT2D eigenvalue weighted by Gasteiger charge is -2.35. The van der Waals surface area contributed by atoms with E-state index in [1.165, 1.54) is 18.4 Å². The van der Waals surface area contributed by atoms with Crippen LogP contribution in [0, 0.1) is 5.95 Å². The summed E-state index contributed by atoms with van der Waals surface area (Å²) in [6.07, 6.45) is 1.93. The minimum atomic E-state index is -0.633. The Bertz CT molecular complexity index is 1300. The number of piperazine rings is 1. The predicted octanol–water partition coefficient (Wildman–Crippen LogP) is 1.04. The molecule has 2 N–H and O–H groups in total. The van der Waals surface area contributed by atoms with E-state index < -0.39 is 11.6 Å². The summed E-state index contributed by atoms with van der Waals surface area (Å²) >= 11 is 1.39. The lowest BCUT2D eigenvalue weighted by Crippen LogP contribution is -2.46. The smallest absolute Gasteiger partial charge is 0.328 e. The molecule has 5 rings (SSSR count). The second-order valence-corrected chi connectivity index (χ2v) is 9.40. The molecular weight excluding hydrogens is 435 g/mol. The van der Waals surface area contributed by atoms with Gasteiger partial charge in [-0.05, 0) is 31.0 Å². The number of halogens is 1. The summed E-state index contributed by atoms with van der Waals surface area (Å²) < 4.78 is 16.2. The molecule has 32 heavy (non-hydrogen) atoms. The van der Waals surface area contributed by atoms with Crippen molar-refractivity contribution in [2.45, 2.75) is 25.4 Å². The number of carbonyl (C=O) groups is 1. The molecule has 3 aromatic heterocycles. The number of fused-ring (bicyclic) bond motifs is 1. The van der Waals surface area contributed by atoms with Crippen molar-refractivity contribution in [2.24, 2.45) is 7.05 Å². The van der Waals surface area contributed by atoms with Gasteiger partial charge in [-0.1, -0.05) is 0 Å². The molecule has 0 bridgehead atoms. The minimum Gasteiger partial charge on any atom is -0.365 e.